The first-order valence-electron chi connectivity index (χ1n) is 1.80. The summed E-state index contributed by atoms with van der Waals surface area (Å²) in [6, 6.07) is 0. The summed E-state index contributed by atoms with van der Waals surface area (Å²) in [6.45, 7) is 3.35. The van der Waals surface area contributed by atoms with Gasteiger partial charge in [0.2, 0.25) is 0 Å². The first kappa shape index (κ1) is 6.19. The zero-order valence-electron chi connectivity index (χ0n) is 4.14. The predicted molar refractivity (Wildman–Crippen MR) is 28.5 cm³/mol. The van der Waals surface area contributed by atoms with Gasteiger partial charge in [0.1, 0.15) is 0 Å². The van der Waals surface area contributed by atoms with Crippen LogP contribution < -0.4 is 5.73 Å². The predicted octanol–water partition coefficient (Wildman–Crippen LogP) is 0.525. The van der Waals surface area contributed by atoms with Crippen molar-refractivity contribution in [1.82, 2.24) is 0 Å². The highest BCUT2D eigenvalue weighted by Crippen LogP contribution is 2.31. The first-order chi connectivity index (χ1) is 2.56. The second-order valence-electron chi connectivity index (χ2n) is 1.76. The summed E-state index contributed by atoms with van der Waals surface area (Å²) in [4.78, 5) is 0. The Bertz CT molecular complexity index is 74.9. The molecule has 0 fully saturated rings. The van der Waals surface area contributed by atoms with Crippen molar-refractivity contribution >= 4 is 7.14 Å². The summed E-state index contributed by atoms with van der Waals surface area (Å²) in [5.41, 5.74) is 5.04. The molecule has 0 saturated carbocycles. The van der Waals surface area contributed by atoms with E-state index < -0.39 is 7.14 Å². The molecular weight excluding hydrogens is 97.0 g/mol. The maximum absolute atomic E-state index is 10.5. The third kappa shape index (κ3) is 4.19. The Hall–Kier alpha value is 0.190. The standard InChI is InChI=1S/C3H10NOP/c1-6(2,5)3-4/h3-4H2,1-2H3. The molecule has 0 bridgehead atoms. The number of rotatable bonds is 1. The second-order valence-corrected chi connectivity index (χ2v) is 5.27. The summed E-state index contributed by atoms with van der Waals surface area (Å²) in [6.07, 6.45) is 0.326. The lowest BCUT2D eigenvalue weighted by Gasteiger charge is -1.96. The van der Waals surface area contributed by atoms with Gasteiger partial charge < -0.3 is 10.3 Å². The van der Waals surface area contributed by atoms with Crippen LogP contribution in [0.15, 0.2) is 0 Å². The Morgan fingerprint density at radius 1 is 1.67 bits per heavy atom. The molecule has 0 amide bonds. The Labute approximate surface area is 38.1 Å². The van der Waals surface area contributed by atoms with Gasteiger partial charge in [0.25, 0.3) is 0 Å². The largest absolute Gasteiger partial charge is 0.324 e. The fraction of sp³-hybridized carbons (Fsp3) is 1.00. The van der Waals surface area contributed by atoms with Gasteiger partial charge in [0.15, 0.2) is 0 Å². The topological polar surface area (TPSA) is 43.1 Å². The molecule has 2 N–H and O–H groups in total. The molecule has 0 aliphatic heterocycles. The third-order valence-electron chi connectivity index (χ3n) is 0.440. The minimum absolute atomic E-state index is 0.326. The maximum atomic E-state index is 10.5. The molecule has 0 saturated heterocycles. The maximum Gasteiger partial charge on any atom is 0.0947 e. The SMILES string of the molecule is CP(C)(=O)CN. The summed E-state index contributed by atoms with van der Waals surface area (Å²) >= 11 is 0. The van der Waals surface area contributed by atoms with Crippen molar-refractivity contribution in [1.29, 1.82) is 0 Å². The summed E-state index contributed by atoms with van der Waals surface area (Å²) in [5, 5.41) is 0. The van der Waals surface area contributed by atoms with Crippen LogP contribution in [0, 0.1) is 0 Å². The molecule has 2 nitrogen and oxygen atoms in total. The van der Waals surface area contributed by atoms with E-state index in [4.69, 9.17) is 5.73 Å². The van der Waals surface area contributed by atoms with Gasteiger partial charge >= 0.3 is 0 Å². The fourth-order valence-corrected chi connectivity index (χ4v) is 0. The van der Waals surface area contributed by atoms with Crippen LogP contribution in [-0.2, 0) is 4.57 Å². The Balaban J connectivity index is 3.48. The number of hydrogen-bond donors (Lipinski definition) is 1. The van der Waals surface area contributed by atoms with Gasteiger partial charge in [-0.2, -0.15) is 0 Å². The Kier molecular flexibility index (Phi) is 1.82. The smallest absolute Gasteiger partial charge is 0.0947 e. The molecule has 0 aromatic rings. The van der Waals surface area contributed by atoms with Gasteiger partial charge in [-0.05, 0) is 13.3 Å². The molecule has 0 aromatic carbocycles. The van der Waals surface area contributed by atoms with E-state index >= 15 is 0 Å². The van der Waals surface area contributed by atoms with Crippen molar-refractivity contribution in [3.8, 4) is 0 Å². The normalized spacial score (nSPS) is 11.8. The highest BCUT2D eigenvalue weighted by molar-refractivity contribution is 7.62. The van der Waals surface area contributed by atoms with Crippen LogP contribution in [0.1, 0.15) is 0 Å². The summed E-state index contributed by atoms with van der Waals surface area (Å²) in [7, 11) is -1.87. The van der Waals surface area contributed by atoms with Gasteiger partial charge in [-0.15, -0.1) is 0 Å². The van der Waals surface area contributed by atoms with E-state index in [9.17, 15) is 4.57 Å². The van der Waals surface area contributed by atoms with Crippen LogP contribution in [0.2, 0.25) is 0 Å². The molecule has 0 atom stereocenters. The average molecular weight is 107 g/mol. The molecule has 0 radical (unpaired) electrons. The van der Waals surface area contributed by atoms with Gasteiger partial charge in [-0.25, -0.2) is 0 Å². The molecular formula is C3H10NOP. The van der Waals surface area contributed by atoms with E-state index in [1.165, 1.54) is 0 Å². The van der Waals surface area contributed by atoms with E-state index in [1.54, 1.807) is 13.3 Å². The highest BCUT2D eigenvalue weighted by Gasteiger charge is 1.98. The quantitative estimate of drug-likeness (QED) is 0.496. The van der Waals surface area contributed by atoms with E-state index in [1.807, 2.05) is 0 Å². The molecule has 3 heteroatoms. The van der Waals surface area contributed by atoms with E-state index in [0.29, 0.717) is 6.29 Å². The molecule has 0 spiro atoms. The second kappa shape index (κ2) is 1.76. The van der Waals surface area contributed by atoms with Crippen LogP contribution in [-0.4, -0.2) is 19.6 Å². The van der Waals surface area contributed by atoms with Gasteiger partial charge in [-0.1, -0.05) is 0 Å². The molecule has 0 unspecified atom stereocenters. The Morgan fingerprint density at radius 3 is 1.83 bits per heavy atom. The monoisotopic (exact) mass is 107 g/mol. The zero-order valence-corrected chi connectivity index (χ0v) is 5.03. The van der Waals surface area contributed by atoms with Crippen molar-refractivity contribution in [2.75, 3.05) is 19.6 Å². The zero-order chi connectivity index (χ0) is 5.21. The van der Waals surface area contributed by atoms with E-state index in [0.717, 1.165) is 0 Å². The van der Waals surface area contributed by atoms with Crippen LogP contribution >= 0.6 is 7.14 Å². The molecule has 6 heavy (non-hydrogen) atoms. The fourth-order valence-electron chi connectivity index (χ4n) is 0. The minimum atomic E-state index is -1.87. The van der Waals surface area contributed by atoms with Crippen LogP contribution in [0.5, 0.6) is 0 Å². The van der Waals surface area contributed by atoms with Crippen LogP contribution in [0.3, 0.4) is 0 Å². The van der Waals surface area contributed by atoms with Crippen LogP contribution in [0.25, 0.3) is 0 Å². The summed E-state index contributed by atoms with van der Waals surface area (Å²) in [5.74, 6) is 0. The lowest BCUT2D eigenvalue weighted by molar-refractivity contribution is 0.582. The first-order valence-corrected chi connectivity index (χ1v) is 4.59. The van der Waals surface area contributed by atoms with Crippen molar-refractivity contribution in [3.63, 3.8) is 0 Å². The number of hydrogen-bond acceptors (Lipinski definition) is 2. The third-order valence-corrected chi connectivity index (χ3v) is 1.32. The van der Waals surface area contributed by atoms with Gasteiger partial charge in [0, 0.05) is 6.29 Å². The molecule has 0 aromatic heterocycles. The van der Waals surface area contributed by atoms with Crippen molar-refractivity contribution < 1.29 is 4.57 Å². The molecule has 0 aliphatic rings. The van der Waals surface area contributed by atoms with Gasteiger partial charge in [0.05, 0.1) is 7.14 Å². The molecule has 0 heterocycles. The van der Waals surface area contributed by atoms with Crippen molar-refractivity contribution in [2.24, 2.45) is 5.73 Å². The lowest BCUT2D eigenvalue weighted by atomic mass is 11.5. The van der Waals surface area contributed by atoms with Crippen molar-refractivity contribution in [3.05, 3.63) is 0 Å². The summed E-state index contributed by atoms with van der Waals surface area (Å²) < 4.78 is 10.5. The molecule has 38 valence electrons. The van der Waals surface area contributed by atoms with Crippen LogP contribution in [0.4, 0.5) is 0 Å². The Morgan fingerprint density at radius 2 is 1.83 bits per heavy atom. The van der Waals surface area contributed by atoms with E-state index in [2.05, 4.69) is 0 Å². The number of nitrogens with two attached hydrogens (primary N) is 1. The van der Waals surface area contributed by atoms with Gasteiger partial charge in [-0.3, -0.25) is 0 Å². The van der Waals surface area contributed by atoms with Crippen molar-refractivity contribution in [2.45, 2.75) is 0 Å². The highest BCUT2D eigenvalue weighted by atomic mass is 31.2. The lowest BCUT2D eigenvalue weighted by Crippen LogP contribution is -1.96. The van der Waals surface area contributed by atoms with E-state index in [-0.39, 0.29) is 0 Å². The molecule has 0 aliphatic carbocycles. The molecule has 0 rings (SSSR count). The minimum Gasteiger partial charge on any atom is -0.324 e. The average Bonchev–Trinajstić information content (AvgIpc) is 1.35.